The minimum absolute atomic E-state index is 0.0476. The lowest BCUT2D eigenvalue weighted by molar-refractivity contribution is -0.160. The van der Waals surface area contributed by atoms with Crippen molar-refractivity contribution in [2.24, 2.45) is 0 Å². The molecule has 0 saturated carbocycles. The first kappa shape index (κ1) is 19.1. The lowest BCUT2D eigenvalue weighted by Crippen LogP contribution is -2.47. The third-order valence-corrected chi connectivity index (χ3v) is 3.98. The van der Waals surface area contributed by atoms with E-state index in [1.807, 2.05) is 27.7 Å². The number of carbonyl (C=O) groups excluding carboxylic acids is 2. The number of nitrogens with zero attached hydrogens (tertiary/aromatic N) is 1. The largest absolute Gasteiger partial charge is 0.486 e. The number of carbonyl (C=O) groups is 2. The topological polar surface area (TPSA) is 65.1 Å². The molecule has 25 heavy (non-hydrogen) atoms. The molecule has 1 atom stereocenters. The van der Waals surface area contributed by atoms with Crippen molar-refractivity contribution in [3.05, 3.63) is 23.8 Å². The third kappa shape index (κ3) is 4.87. The van der Waals surface area contributed by atoms with Crippen molar-refractivity contribution in [3.63, 3.8) is 0 Å². The van der Waals surface area contributed by atoms with Crippen LogP contribution in [0.3, 0.4) is 0 Å². The molecule has 0 saturated heterocycles. The van der Waals surface area contributed by atoms with Crippen LogP contribution in [-0.4, -0.2) is 48.2 Å². The molecule has 1 aliphatic heterocycles. The number of rotatable bonds is 6. The maximum Gasteiger partial charge on any atom is 0.311 e. The van der Waals surface area contributed by atoms with E-state index in [-0.39, 0.29) is 24.4 Å². The molecule has 0 aromatic heterocycles. The van der Waals surface area contributed by atoms with Gasteiger partial charge in [0.1, 0.15) is 13.2 Å². The van der Waals surface area contributed by atoms with E-state index in [4.69, 9.17) is 14.2 Å². The van der Waals surface area contributed by atoms with Gasteiger partial charge in [0, 0.05) is 12.1 Å². The number of esters is 1. The number of hydrogen-bond donors (Lipinski definition) is 0. The molecular formula is C19H27NO5. The predicted octanol–water partition coefficient (Wildman–Crippen LogP) is 2.58. The van der Waals surface area contributed by atoms with E-state index in [1.165, 1.54) is 0 Å². The fourth-order valence-corrected chi connectivity index (χ4v) is 2.97. The van der Waals surface area contributed by atoms with E-state index >= 15 is 0 Å². The molecule has 1 heterocycles. The van der Waals surface area contributed by atoms with Crippen LogP contribution in [-0.2, 0) is 20.7 Å². The molecule has 1 aromatic carbocycles. The van der Waals surface area contributed by atoms with Crippen molar-refractivity contribution < 1.29 is 23.8 Å². The van der Waals surface area contributed by atoms with Crippen LogP contribution in [0.4, 0.5) is 0 Å². The summed E-state index contributed by atoms with van der Waals surface area (Å²) in [5, 5.41) is 0. The highest BCUT2D eigenvalue weighted by molar-refractivity contribution is 5.84. The fraction of sp³-hybridized carbons (Fsp3) is 0.579. The van der Waals surface area contributed by atoms with Crippen molar-refractivity contribution in [2.45, 2.75) is 59.2 Å². The van der Waals surface area contributed by atoms with Crippen LogP contribution in [0.25, 0.3) is 0 Å². The molecule has 0 aliphatic carbocycles. The Morgan fingerprint density at radius 1 is 1.04 bits per heavy atom. The van der Waals surface area contributed by atoms with Crippen LogP contribution in [0.15, 0.2) is 18.2 Å². The molecule has 1 unspecified atom stereocenters. The van der Waals surface area contributed by atoms with Gasteiger partial charge in [0.05, 0.1) is 6.42 Å². The lowest BCUT2D eigenvalue weighted by atomic mass is 10.1. The van der Waals surface area contributed by atoms with Crippen LogP contribution in [0, 0.1) is 0 Å². The molecule has 1 amide bonds. The molecule has 6 heteroatoms. The zero-order valence-electron chi connectivity index (χ0n) is 15.6. The van der Waals surface area contributed by atoms with Gasteiger partial charge in [0.2, 0.25) is 0 Å². The molecule has 0 fully saturated rings. The molecule has 1 aliphatic rings. The predicted molar refractivity (Wildman–Crippen MR) is 93.8 cm³/mol. The first-order chi connectivity index (χ1) is 11.8. The monoisotopic (exact) mass is 349 g/mol. The molecule has 138 valence electrons. The minimum atomic E-state index is -0.811. The summed E-state index contributed by atoms with van der Waals surface area (Å²) < 4.78 is 16.3. The summed E-state index contributed by atoms with van der Waals surface area (Å²) in [5.74, 6) is 0.688. The summed E-state index contributed by atoms with van der Waals surface area (Å²) in [6.07, 6.45) is -0.730. The summed E-state index contributed by atoms with van der Waals surface area (Å²) >= 11 is 0. The minimum Gasteiger partial charge on any atom is -0.486 e. The second-order valence-electron chi connectivity index (χ2n) is 6.72. The van der Waals surface area contributed by atoms with Gasteiger partial charge in [0.15, 0.2) is 17.6 Å². The SMILES string of the molecule is CC(OC(=O)Cc1ccc2c(c1)OCCO2)C(=O)N(C(C)C)C(C)C. The van der Waals surface area contributed by atoms with Gasteiger partial charge < -0.3 is 19.1 Å². The Morgan fingerprint density at radius 2 is 1.64 bits per heavy atom. The first-order valence-corrected chi connectivity index (χ1v) is 8.69. The molecule has 0 radical (unpaired) electrons. The summed E-state index contributed by atoms with van der Waals surface area (Å²) in [6, 6.07) is 5.45. The summed E-state index contributed by atoms with van der Waals surface area (Å²) in [6.45, 7) is 10.4. The van der Waals surface area contributed by atoms with Crippen molar-refractivity contribution in [1.82, 2.24) is 4.90 Å². The first-order valence-electron chi connectivity index (χ1n) is 8.69. The van der Waals surface area contributed by atoms with Crippen LogP contribution in [0.2, 0.25) is 0 Å². The van der Waals surface area contributed by atoms with E-state index in [1.54, 1.807) is 30.0 Å². The lowest BCUT2D eigenvalue weighted by Gasteiger charge is -2.32. The summed E-state index contributed by atoms with van der Waals surface area (Å²) in [7, 11) is 0. The van der Waals surface area contributed by atoms with Crippen molar-refractivity contribution >= 4 is 11.9 Å². The Kier molecular flexibility index (Phi) is 6.28. The normalized spacial score (nSPS) is 14.4. The maximum absolute atomic E-state index is 12.5. The highest BCUT2D eigenvalue weighted by Gasteiger charge is 2.27. The van der Waals surface area contributed by atoms with Crippen LogP contribution in [0.5, 0.6) is 11.5 Å². The van der Waals surface area contributed by atoms with Gasteiger partial charge in [-0.2, -0.15) is 0 Å². The quantitative estimate of drug-likeness (QED) is 0.739. The number of fused-ring (bicyclic) bond motifs is 1. The van der Waals surface area contributed by atoms with Crippen LogP contribution < -0.4 is 9.47 Å². The van der Waals surface area contributed by atoms with Gasteiger partial charge in [0.25, 0.3) is 5.91 Å². The fourth-order valence-electron chi connectivity index (χ4n) is 2.97. The van der Waals surface area contributed by atoms with Crippen LogP contribution >= 0.6 is 0 Å². The van der Waals surface area contributed by atoms with E-state index in [2.05, 4.69) is 0 Å². The van der Waals surface area contributed by atoms with Gasteiger partial charge in [-0.3, -0.25) is 9.59 Å². The highest BCUT2D eigenvalue weighted by atomic mass is 16.6. The van der Waals surface area contributed by atoms with E-state index in [9.17, 15) is 9.59 Å². The van der Waals surface area contributed by atoms with Gasteiger partial charge in [-0.25, -0.2) is 0 Å². The zero-order chi connectivity index (χ0) is 18.6. The van der Waals surface area contributed by atoms with Gasteiger partial charge >= 0.3 is 5.97 Å². The molecule has 0 N–H and O–H groups in total. The van der Waals surface area contributed by atoms with Crippen LogP contribution in [0.1, 0.15) is 40.2 Å². The average Bonchev–Trinajstić information content (AvgIpc) is 2.53. The average molecular weight is 349 g/mol. The smallest absolute Gasteiger partial charge is 0.311 e. The van der Waals surface area contributed by atoms with E-state index in [0.717, 1.165) is 5.56 Å². The molecular weight excluding hydrogens is 322 g/mol. The molecule has 0 bridgehead atoms. The van der Waals surface area contributed by atoms with Gasteiger partial charge in [-0.15, -0.1) is 0 Å². The molecule has 1 aromatic rings. The Balaban J connectivity index is 1.96. The summed E-state index contributed by atoms with van der Waals surface area (Å²) in [4.78, 5) is 26.4. The Labute approximate surface area is 149 Å². The van der Waals surface area contributed by atoms with Gasteiger partial charge in [-0.05, 0) is 52.3 Å². The number of amides is 1. The van der Waals surface area contributed by atoms with E-state index < -0.39 is 12.1 Å². The van der Waals surface area contributed by atoms with Crippen molar-refractivity contribution in [1.29, 1.82) is 0 Å². The number of hydrogen-bond acceptors (Lipinski definition) is 5. The Bertz CT molecular complexity index is 618. The summed E-state index contributed by atoms with van der Waals surface area (Å²) in [5.41, 5.74) is 0.762. The van der Waals surface area contributed by atoms with Crippen molar-refractivity contribution in [2.75, 3.05) is 13.2 Å². The highest BCUT2D eigenvalue weighted by Crippen LogP contribution is 2.30. The number of benzene rings is 1. The molecule has 6 nitrogen and oxygen atoms in total. The van der Waals surface area contributed by atoms with Crippen molar-refractivity contribution in [3.8, 4) is 11.5 Å². The Hall–Kier alpha value is -2.24. The Morgan fingerprint density at radius 3 is 2.24 bits per heavy atom. The second kappa shape index (κ2) is 8.23. The number of ether oxygens (including phenoxy) is 3. The van der Waals surface area contributed by atoms with Gasteiger partial charge in [-0.1, -0.05) is 6.07 Å². The standard InChI is InChI=1S/C19H27NO5/c1-12(2)20(13(3)4)19(22)14(5)25-18(21)11-15-6-7-16-17(10-15)24-9-8-23-16/h6-7,10,12-14H,8-9,11H2,1-5H3. The second-order valence-corrected chi connectivity index (χ2v) is 6.72. The third-order valence-electron chi connectivity index (χ3n) is 3.98. The molecule has 2 rings (SSSR count). The zero-order valence-corrected chi connectivity index (χ0v) is 15.6. The maximum atomic E-state index is 12.5. The molecule has 0 spiro atoms. The van der Waals surface area contributed by atoms with E-state index in [0.29, 0.717) is 24.7 Å².